The number of piperazine rings is 1. The Kier molecular flexibility index (Phi) is 5.36. The van der Waals surface area contributed by atoms with Crippen LogP contribution in [0.25, 0.3) is 11.2 Å². The third kappa shape index (κ3) is 3.96. The summed E-state index contributed by atoms with van der Waals surface area (Å²) >= 11 is 0. The van der Waals surface area contributed by atoms with E-state index in [1.165, 1.54) is 11.1 Å². The van der Waals surface area contributed by atoms with Gasteiger partial charge in [0.2, 0.25) is 0 Å². The molecule has 6 nitrogen and oxygen atoms in total. The molecule has 0 bridgehead atoms. The van der Waals surface area contributed by atoms with E-state index in [9.17, 15) is 0 Å². The van der Waals surface area contributed by atoms with Gasteiger partial charge in [0, 0.05) is 68.5 Å². The maximum absolute atomic E-state index is 5.78. The standard InChI is InChI=1S/C21H27N5O/c1-3-27-19-7-5-4-6-17(19)14-25-10-11-26(16(2)13-25)15-18-12-24-21-20(18)22-8-9-23-21/h4-9,12,16H,3,10-11,13-15H2,1-2H3,(H,23,24). The largest absolute Gasteiger partial charge is 0.494 e. The van der Waals surface area contributed by atoms with E-state index >= 15 is 0 Å². The lowest BCUT2D eigenvalue weighted by atomic mass is 10.1. The zero-order chi connectivity index (χ0) is 18.6. The molecule has 1 fully saturated rings. The van der Waals surface area contributed by atoms with E-state index in [2.05, 4.69) is 49.9 Å². The predicted molar refractivity (Wildman–Crippen MR) is 107 cm³/mol. The Bertz CT molecular complexity index is 893. The van der Waals surface area contributed by atoms with E-state index in [1.54, 1.807) is 12.4 Å². The molecule has 0 saturated carbocycles. The molecule has 0 amide bonds. The highest BCUT2D eigenvalue weighted by molar-refractivity contribution is 5.74. The van der Waals surface area contributed by atoms with Crippen molar-refractivity contribution in [3.8, 4) is 5.75 Å². The molecule has 4 rings (SSSR count). The molecule has 1 aliphatic rings. The van der Waals surface area contributed by atoms with Crippen LogP contribution in [-0.2, 0) is 13.1 Å². The zero-order valence-corrected chi connectivity index (χ0v) is 16.1. The summed E-state index contributed by atoms with van der Waals surface area (Å²) in [4.78, 5) is 17.1. The molecule has 0 radical (unpaired) electrons. The highest BCUT2D eigenvalue weighted by Gasteiger charge is 2.25. The number of hydrogen-bond acceptors (Lipinski definition) is 5. The smallest absolute Gasteiger partial charge is 0.156 e. The van der Waals surface area contributed by atoms with Gasteiger partial charge in [0.1, 0.15) is 11.3 Å². The Hall–Kier alpha value is -2.44. The Morgan fingerprint density at radius 2 is 1.96 bits per heavy atom. The molecule has 142 valence electrons. The van der Waals surface area contributed by atoms with Crippen LogP contribution in [0.3, 0.4) is 0 Å². The summed E-state index contributed by atoms with van der Waals surface area (Å²) < 4.78 is 5.78. The van der Waals surface area contributed by atoms with Gasteiger partial charge in [0.05, 0.1) is 6.61 Å². The fourth-order valence-electron chi connectivity index (χ4n) is 3.86. The summed E-state index contributed by atoms with van der Waals surface area (Å²) in [7, 11) is 0. The summed E-state index contributed by atoms with van der Waals surface area (Å²) in [5.41, 5.74) is 4.34. The molecule has 1 saturated heterocycles. The van der Waals surface area contributed by atoms with Crippen molar-refractivity contribution in [2.24, 2.45) is 0 Å². The molecule has 3 heterocycles. The molecule has 1 unspecified atom stereocenters. The van der Waals surface area contributed by atoms with Gasteiger partial charge in [0.15, 0.2) is 5.65 Å². The maximum Gasteiger partial charge on any atom is 0.156 e. The summed E-state index contributed by atoms with van der Waals surface area (Å²) in [5.74, 6) is 1.01. The summed E-state index contributed by atoms with van der Waals surface area (Å²) in [6, 6.07) is 8.86. The molecule has 1 N–H and O–H groups in total. The van der Waals surface area contributed by atoms with Crippen LogP contribution in [0, 0.1) is 0 Å². The van der Waals surface area contributed by atoms with Crippen LogP contribution in [0.15, 0.2) is 42.9 Å². The molecule has 27 heavy (non-hydrogen) atoms. The van der Waals surface area contributed by atoms with Crippen molar-refractivity contribution in [2.45, 2.75) is 33.0 Å². The quantitative estimate of drug-likeness (QED) is 0.728. The van der Waals surface area contributed by atoms with Crippen LogP contribution >= 0.6 is 0 Å². The number of hydrogen-bond donors (Lipinski definition) is 1. The molecule has 1 aromatic carbocycles. The Morgan fingerprint density at radius 1 is 1.11 bits per heavy atom. The second-order valence-corrected chi connectivity index (χ2v) is 7.16. The van der Waals surface area contributed by atoms with Crippen LogP contribution in [0.4, 0.5) is 0 Å². The topological polar surface area (TPSA) is 57.3 Å². The lowest BCUT2D eigenvalue weighted by Gasteiger charge is -2.40. The number of rotatable bonds is 6. The van der Waals surface area contributed by atoms with Gasteiger partial charge in [0.25, 0.3) is 0 Å². The first kappa shape index (κ1) is 17.9. The van der Waals surface area contributed by atoms with Crippen molar-refractivity contribution < 1.29 is 4.74 Å². The third-order valence-electron chi connectivity index (χ3n) is 5.27. The van der Waals surface area contributed by atoms with Gasteiger partial charge in [-0.3, -0.25) is 14.8 Å². The van der Waals surface area contributed by atoms with Crippen LogP contribution < -0.4 is 4.74 Å². The second-order valence-electron chi connectivity index (χ2n) is 7.16. The Morgan fingerprint density at radius 3 is 2.81 bits per heavy atom. The molecule has 2 aromatic heterocycles. The SMILES string of the molecule is CCOc1ccccc1CN1CCN(Cc2c[nH]c3nccnc23)C(C)C1. The Labute approximate surface area is 160 Å². The van der Waals surface area contributed by atoms with E-state index in [0.717, 1.165) is 49.6 Å². The third-order valence-corrected chi connectivity index (χ3v) is 5.27. The van der Waals surface area contributed by atoms with E-state index in [1.807, 2.05) is 19.2 Å². The molecule has 1 atom stereocenters. The van der Waals surface area contributed by atoms with Crippen molar-refractivity contribution in [3.05, 3.63) is 54.0 Å². The molecule has 1 aliphatic heterocycles. The lowest BCUT2D eigenvalue weighted by molar-refractivity contribution is 0.0730. The number of benzene rings is 1. The van der Waals surface area contributed by atoms with Crippen molar-refractivity contribution in [3.63, 3.8) is 0 Å². The van der Waals surface area contributed by atoms with Gasteiger partial charge in [-0.15, -0.1) is 0 Å². The number of nitrogens with one attached hydrogen (secondary N) is 1. The number of para-hydroxylation sites is 1. The van der Waals surface area contributed by atoms with Crippen molar-refractivity contribution in [1.29, 1.82) is 0 Å². The van der Waals surface area contributed by atoms with Gasteiger partial charge in [-0.1, -0.05) is 18.2 Å². The van der Waals surface area contributed by atoms with E-state index in [4.69, 9.17) is 4.74 Å². The first-order valence-electron chi connectivity index (χ1n) is 9.68. The van der Waals surface area contributed by atoms with Crippen molar-refractivity contribution >= 4 is 11.2 Å². The summed E-state index contributed by atoms with van der Waals surface area (Å²) in [6.07, 6.45) is 5.53. The van der Waals surface area contributed by atoms with Gasteiger partial charge in [-0.2, -0.15) is 0 Å². The van der Waals surface area contributed by atoms with E-state index in [-0.39, 0.29) is 0 Å². The van der Waals surface area contributed by atoms with Crippen LogP contribution in [0.1, 0.15) is 25.0 Å². The van der Waals surface area contributed by atoms with Crippen LogP contribution in [0.5, 0.6) is 5.75 Å². The van der Waals surface area contributed by atoms with Gasteiger partial charge in [-0.25, -0.2) is 4.98 Å². The summed E-state index contributed by atoms with van der Waals surface area (Å²) in [5, 5.41) is 0. The monoisotopic (exact) mass is 365 g/mol. The number of aromatic amines is 1. The minimum atomic E-state index is 0.486. The van der Waals surface area contributed by atoms with Gasteiger partial charge >= 0.3 is 0 Å². The first-order chi connectivity index (χ1) is 13.2. The highest BCUT2D eigenvalue weighted by atomic mass is 16.5. The molecular formula is C21H27N5O. The number of aromatic nitrogens is 3. The first-order valence-corrected chi connectivity index (χ1v) is 9.68. The fourth-order valence-corrected chi connectivity index (χ4v) is 3.86. The number of H-pyrrole nitrogens is 1. The second kappa shape index (κ2) is 8.06. The van der Waals surface area contributed by atoms with Crippen molar-refractivity contribution in [2.75, 3.05) is 26.2 Å². The average molecular weight is 365 g/mol. The minimum Gasteiger partial charge on any atom is -0.494 e. The van der Waals surface area contributed by atoms with Crippen LogP contribution in [-0.4, -0.2) is 57.0 Å². The van der Waals surface area contributed by atoms with E-state index in [0.29, 0.717) is 12.6 Å². The number of ether oxygens (including phenoxy) is 1. The molecule has 0 spiro atoms. The van der Waals surface area contributed by atoms with Gasteiger partial charge < -0.3 is 9.72 Å². The van der Waals surface area contributed by atoms with Gasteiger partial charge in [-0.05, 0) is 19.9 Å². The van der Waals surface area contributed by atoms with Crippen LogP contribution in [0.2, 0.25) is 0 Å². The molecule has 6 heteroatoms. The predicted octanol–water partition coefficient (Wildman–Crippen LogP) is 3.06. The number of nitrogens with zero attached hydrogens (tertiary/aromatic N) is 4. The van der Waals surface area contributed by atoms with Crippen molar-refractivity contribution in [1.82, 2.24) is 24.8 Å². The van der Waals surface area contributed by atoms with E-state index < -0.39 is 0 Å². The Balaban J connectivity index is 1.39. The molecule has 3 aromatic rings. The summed E-state index contributed by atoms with van der Waals surface area (Å²) in [6.45, 7) is 10.0. The lowest BCUT2D eigenvalue weighted by Crippen LogP contribution is -2.50. The highest BCUT2D eigenvalue weighted by Crippen LogP contribution is 2.23. The molecule has 0 aliphatic carbocycles. The number of fused-ring (bicyclic) bond motifs is 1. The fraction of sp³-hybridized carbons (Fsp3) is 0.429. The normalized spacial score (nSPS) is 18.8. The maximum atomic E-state index is 5.78. The minimum absolute atomic E-state index is 0.486. The average Bonchev–Trinajstić information content (AvgIpc) is 3.09. The zero-order valence-electron chi connectivity index (χ0n) is 16.1. The molecular weight excluding hydrogens is 338 g/mol.